The number of likely N-dealkylation sites (tertiary alicyclic amines) is 1. The molecule has 0 aliphatic carbocycles. The minimum Gasteiger partial charge on any atom is -0.343 e. The number of nitrogens with zero attached hydrogens (tertiary/aromatic N) is 2. The lowest BCUT2D eigenvalue weighted by molar-refractivity contribution is 0.213. The molecule has 2 nitrogen and oxygen atoms in total. The van der Waals surface area contributed by atoms with Gasteiger partial charge in [0.25, 0.3) is 0 Å². The van der Waals surface area contributed by atoms with E-state index in [9.17, 15) is 4.39 Å². The highest BCUT2D eigenvalue weighted by atomic mass is 19.1. The summed E-state index contributed by atoms with van der Waals surface area (Å²) in [7, 11) is 0. The summed E-state index contributed by atoms with van der Waals surface area (Å²) in [5.41, 5.74) is 3.62. The second kappa shape index (κ2) is 9.70. The molecule has 0 aromatic heterocycles. The first-order valence-electron chi connectivity index (χ1n) is 10.2. The van der Waals surface area contributed by atoms with Crippen LogP contribution in [-0.4, -0.2) is 30.6 Å². The third-order valence-corrected chi connectivity index (χ3v) is 5.47. The molecule has 0 bridgehead atoms. The Bertz CT molecular complexity index is 703. The summed E-state index contributed by atoms with van der Waals surface area (Å²) in [4.78, 5) is 4.92. The first-order chi connectivity index (χ1) is 13.2. The quantitative estimate of drug-likeness (QED) is 0.595. The largest absolute Gasteiger partial charge is 0.343 e. The standard InChI is InChI=1S/C24H31FN2/c1-3-7-20(2)27(23-12-10-22(25)11-13-23)24-15-18-26(19-16-24)17-14-21-8-5-4-6-9-21/h4-6,8-13,24H,2-3,7,14-19H2,1H3. The van der Waals surface area contributed by atoms with Gasteiger partial charge in [-0.05, 0) is 55.5 Å². The number of hydrogen-bond acceptors (Lipinski definition) is 2. The van der Waals surface area contributed by atoms with Crippen LogP contribution >= 0.6 is 0 Å². The van der Waals surface area contributed by atoms with Gasteiger partial charge in [-0.2, -0.15) is 0 Å². The first-order valence-corrected chi connectivity index (χ1v) is 10.2. The number of anilines is 1. The van der Waals surface area contributed by atoms with E-state index in [1.165, 1.54) is 5.56 Å². The predicted molar refractivity (Wildman–Crippen MR) is 113 cm³/mol. The number of benzene rings is 2. The molecule has 0 atom stereocenters. The molecule has 0 N–H and O–H groups in total. The molecule has 0 saturated carbocycles. The summed E-state index contributed by atoms with van der Waals surface area (Å²) in [6.45, 7) is 9.84. The second-order valence-corrected chi connectivity index (χ2v) is 7.47. The summed E-state index contributed by atoms with van der Waals surface area (Å²) in [6, 6.07) is 18.0. The van der Waals surface area contributed by atoms with Crippen LogP contribution < -0.4 is 4.90 Å². The van der Waals surface area contributed by atoms with Gasteiger partial charge in [-0.3, -0.25) is 0 Å². The molecule has 144 valence electrons. The number of allylic oxidation sites excluding steroid dienone is 1. The Morgan fingerprint density at radius 1 is 1.07 bits per heavy atom. The highest BCUT2D eigenvalue weighted by Crippen LogP contribution is 2.29. The normalized spacial score (nSPS) is 15.6. The van der Waals surface area contributed by atoms with Crippen molar-refractivity contribution in [2.24, 2.45) is 0 Å². The average Bonchev–Trinajstić information content (AvgIpc) is 2.70. The minimum absolute atomic E-state index is 0.185. The van der Waals surface area contributed by atoms with Crippen molar-refractivity contribution in [2.45, 2.75) is 45.1 Å². The highest BCUT2D eigenvalue weighted by molar-refractivity contribution is 5.53. The van der Waals surface area contributed by atoms with E-state index < -0.39 is 0 Å². The molecule has 1 saturated heterocycles. The van der Waals surface area contributed by atoms with E-state index in [0.29, 0.717) is 6.04 Å². The monoisotopic (exact) mass is 366 g/mol. The lowest BCUT2D eigenvalue weighted by atomic mass is 10.00. The smallest absolute Gasteiger partial charge is 0.123 e. The average molecular weight is 367 g/mol. The Kier molecular flexibility index (Phi) is 7.05. The Hall–Kier alpha value is -2.13. The Morgan fingerprint density at radius 2 is 1.74 bits per heavy atom. The van der Waals surface area contributed by atoms with Gasteiger partial charge in [-0.1, -0.05) is 50.3 Å². The molecule has 0 amide bonds. The molecule has 2 aromatic carbocycles. The van der Waals surface area contributed by atoms with Crippen molar-refractivity contribution >= 4 is 5.69 Å². The van der Waals surface area contributed by atoms with E-state index in [1.807, 2.05) is 12.1 Å². The maximum Gasteiger partial charge on any atom is 0.123 e. The molecule has 0 unspecified atom stereocenters. The molecular formula is C24H31FN2. The van der Waals surface area contributed by atoms with E-state index >= 15 is 0 Å². The summed E-state index contributed by atoms with van der Waals surface area (Å²) >= 11 is 0. The molecule has 0 radical (unpaired) electrons. The molecule has 3 heteroatoms. The van der Waals surface area contributed by atoms with E-state index in [1.54, 1.807) is 12.1 Å². The molecule has 27 heavy (non-hydrogen) atoms. The van der Waals surface area contributed by atoms with Gasteiger partial charge in [0.05, 0.1) is 0 Å². The van der Waals surface area contributed by atoms with E-state index in [4.69, 9.17) is 0 Å². The minimum atomic E-state index is -0.185. The van der Waals surface area contributed by atoms with Crippen molar-refractivity contribution in [3.8, 4) is 0 Å². The van der Waals surface area contributed by atoms with Gasteiger partial charge >= 0.3 is 0 Å². The molecule has 1 heterocycles. The van der Waals surface area contributed by atoms with Crippen molar-refractivity contribution in [1.29, 1.82) is 0 Å². The van der Waals surface area contributed by atoms with Crippen LogP contribution in [0.3, 0.4) is 0 Å². The van der Waals surface area contributed by atoms with E-state index in [-0.39, 0.29) is 5.82 Å². The van der Waals surface area contributed by atoms with Crippen LogP contribution in [0.5, 0.6) is 0 Å². The second-order valence-electron chi connectivity index (χ2n) is 7.47. The van der Waals surface area contributed by atoms with Crippen LogP contribution in [0, 0.1) is 5.82 Å². The van der Waals surface area contributed by atoms with E-state index in [0.717, 1.165) is 63.1 Å². The highest BCUT2D eigenvalue weighted by Gasteiger charge is 2.26. The van der Waals surface area contributed by atoms with Crippen LogP contribution in [0.15, 0.2) is 66.9 Å². The molecule has 1 aliphatic rings. The van der Waals surface area contributed by atoms with Crippen molar-refractivity contribution in [1.82, 2.24) is 4.90 Å². The van der Waals surface area contributed by atoms with E-state index in [2.05, 4.69) is 53.6 Å². The zero-order valence-corrected chi connectivity index (χ0v) is 16.4. The fraction of sp³-hybridized carbons (Fsp3) is 0.417. The fourth-order valence-corrected chi connectivity index (χ4v) is 4.00. The molecular weight excluding hydrogens is 335 g/mol. The van der Waals surface area contributed by atoms with Gasteiger partial charge in [0.1, 0.15) is 5.82 Å². The summed E-state index contributed by atoms with van der Waals surface area (Å²) < 4.78 is 13.4. The van der Waals surface area contributed by atoms with Crippen LogP contribution in [0.2, 0.25) is 0 Å². The lowest BCUT2D eigenvalue weighted by Gasteiger charge is -2.40. The van der Waals surface area contributed by atoms with Crippen LogP contribution in [0.25, 0.3) is 0 Å². The maximum atomic E-state index is 13.4. The third-order valence-electron chi connectivity index (χ3n) is 5.47. The Morgan fingerprint density at radius 3 is 2.37 bits per heavy atom. The lowest BCUT2D eigenvalue weighted by Crippen LogP contribution is -2.45. The summed E-state index contributed by atoms with van der Waals surface area (Å²) in [5.74, 6) is -0.185. The van der Waals surface area contributed by atoms with Crippen molar-refractivity contribution < 1.29 is 4.39 Å². The molecule has 0 spiro atoms. The Balaban J connectivity index is 1.60. The maximum absolute atomic E-state index is 13.4. The fourth-order valence-electron chi connectivity index (χ4n) is 4.00. The van der Waals surface area contributed by atoms with Crippen molar-refractivity contribution in [3.05, 3.63) is 78.3 Å². The first kappa shape index (κ1) is 19.6. The summed E-state index contributed by atoms with van der Waals surface area (Å²) in [5, 5.41) is 0. The number of rotatable bonds is 8. The third kappa shape index (κ3) is 5.43. The zero-order valence-electron chi connectivity index (χ0n) is 16.4. The van der Waals surface area contributed by atoms with Gasteiger partial charge < -0.3 is 9.80 Å². The number of hydrogen-bond donors (Lipinski definition) is 0. The van der Waals surface area contributed by atoms with Crippen LogP contribution in [0.1, 0.15) is 38.2 Å². The van der Waals surface area contributed by atoms with Crippen molar-refractivity contribution in [3.63, 3.8) is 0 Å². The van der Waals surface area contributed by atoms with Gasteiger partial charge in [0, 0.05) is 37.1 Å². The van der Waals surface area contributed by atoms with Gasteiger partial charge in [0.2, 0.25) is 0 Å². The molecule has 2 aromatic rings. The number of piperidine rings is 1. The van der Waals surface area contributed by atoms with Crippen LogP contribution in [-0.2, 0) is 6.42 Å². The Labute approximate surface area is 163 Å². The topological polar surface area (TPSA) is 6.48 Å². The summed E-state index contributed by atoms with van der Waals surface area (Å²) in [6.07, 6.45) is 5.40. The predicted octanol–water partition coefficient (Wildman–Crippen LogP) is 5.65. The van der Waals surface area contributed by atoms with Gasteiger partial charge in [-0.25, -0.2) is 4.39 Å². The van der Waals surface area contributed by atoms with Gasteiger partial charge in [-0.15, -0.1) is 0 Å². The van der Waals surface area contributed by atoms with Crippen molar-refractivity contribution in [2.75, 3.05) is 24.5 Å². The van der Waals surface area contributed by atoms with Gasteiger partial charge in [0.15, 0.2) is 0 Å². The molecule has 1 aliphatic heterocycles. The molecule has 3 rings (SSSR count). The number of halogens is 1. The SMILES string of the molecule is C=C(CCC)N(c1ccc(F)cc1)C1CCN(CCc2ccccc2)CC1. The van der Waals surface area contributed by atoms with Crippen LogP contribution in [0.4, 0.5) is 10.1 Å². The zero-order chi connectivity index (χ0) is 19.1. The molecule has 1 fully saturated rings.